The van der Waals surface area contributed by atoms with E-state index in [4.69, 9.17) is 29.5 Å². The maximum atomic E-state index is 11.1. The Bertz CT molecular complexity index is 1480. The van der Waals surface area contributed by atoms with Gasteiger partial charge in [-0.25, -0.2) is 5.26 Å². The third-order valence-corrected chi connectivity index (χ3v) is 6.17. The van der Waals surface area contributed by atoms with Crippen LogP contribution in [0.15, 0.2) is 18.2 Å². The quantitative estimate of drug-likeness (QED) is 0.0185. The third kappa shape index (κ3) is 13.9. The maximum Gasteiger partial charge on any atom is 0.329 e. The number of hydrogen-bond donors (Lipinski definition) is 10. The molecule has 0 amide bonds. The first-order valence-electron chi connectivity index (χ1n) is 13.0. The van der Waals surface area contributed by atoms with E-state index in [0.717, 1.165) is 12.0 Å². The van der Waals surface area contributed by atoms with E-state index >= 15 is 0 Å². The number of aliphatic hydroxyl groups excluding tert-OH is 4. The van der Waals surface area contributed by atoms with Crippen LogP contribution in [0.25, 0.3) is 0 Å². The smallest absolute Gasteiger partial charge is 0.329 e. The van der Waals surface area contributed by atoms with Crippen molar-refractivity contribution in [3.63, 3.8) is 0 Å². The van der Waals surface area contributed by atoms with Crippen LogP contribution in [0.2, 0.25) is 0 Å². The van der Waals surface area contributed by atoms with E-state index < -0.39 is 41.3 Å². The van der Waals surface area contributed by atoms with Crippen LogP contribution in [0.1, 0.15) is 0 Å². The first kappa shape index (κ1) is 36.4. The first-order valence-corrected chi connectivity index (χ1v) is 15.5. The van der Waals surface area contributed by atoms with Crippen LogP contribution in [-0.4, -0.2) is 137 Å². The van der Waals surface area contributed by atoms with Crippen LogP contribution in [0.5, 0.6) is 23.8 Å². The number of nitrogens with zero attached hydrogens (tertiary/aromatic N) is 7. The van der Waals surface area contributed by atoms with Crippen molar-refractivity contribution < 1.29 is 57.5 Å². The summed E-state index contributed by atoms with van der Waals surface area (Å²) < 4.78 is 46.7. The molecular formula is C21H31N11O12S2. The molecule has 0 aliphatic rings. The van der Waals surface area contributed by atoms with E-state index in [1.807, 2.05) is 0 Å². The zero-order chi connectivity index (χ0) is 33.4. The number of ether oxygens (including phenoxy) is 2. The van der Waals surface area contributed by atoms with Gasteiger partial charge in [0.1, 0.15) is 0 Å². The van der Waals surface area contributed by atoms with Crippen molar-refractivity contribution in [2.75, 3.05) is 72.2 Å². The highest BCUT2D eigenvalue weighted by molar-refractivity contribution is 7.94. The second kappa shape index (κ2) is 18.8. The number of nitrogens with one attached hydrogen (secondary N) is 4. The molecule has 2 unspecified atom stereocenters. The molecule has 3 heterocycles. The Morgan fingerprint density at radius 1 is 0.739 bits per heavy atom. The van der Waals surface area contributed by atoms with E-state index in [1.54, 1.807) is 0 Å². The SMILES string of the molecule is O=S(=O)(O)CCNc1nc(NCC(O)CO)nc(Oc2cccc(Oc3nc(NCCSOOO)nc(NCC(O)CO)n3)n2)n1. The maximum absolute atomic E-state index is 11.1. The van der Waals surface area contributed by atoms with Gasteiger partial charge in [0.2, 0.25) is 35.6 Å². The number of anilines is 4. The molecule has 3 aromatic rings. The normalized spacial score (nSPS) is 12.7. The number of aromatic nitrogens is 7. The molecule has 10 N–H and O–H groups in total. The zero-order valence-electron chi connectivity index (χ0n) is 23.6. The second-order valence-corrected chi connectivity index (χ2v) is 10.9. The lowest BCUT2D eigenvalue weighted by Gasteiger charge is -2.13. The fraction of sp³-hybridized carbons (Fsp3) is 0.476. The Labute approximate surface area is 264 Å². The van der Waals surface area contributed by atoms with E-state index in [9.17, 15) is 18.6 Å². The Kier molecular flexibility index (Phi) is 14.9. The molecular weight excluding hydrogens is 662 g/mol. The molecule has 2 atom stereocenters. The molecule has 0 spiro atoms. The minimum Gasteiger partial charge on any atom is -0.405 e. The summed E-state index contributed by atoms with van der Waals surface area (Å²) in [5, 5.41) is 60.1. The van der Waals surface area contributed by atoms with Gasteiger partial charge < -0.3 is 51.2 Å². The minimum absolute atomic E-state index is 0.0134. The van der Waals surface area contributed by atoms with Crippen molar-refractivity contribution >= 4 is 46.0 Å². The van der Waals surface area contributed by atoms with Gasteiger partial charge in [-0.3, -0.25) is 4.55 Å². The number of hydrogen-bond acceptors (Lipinski definition) is 23. The fourth-order valence-electron chi connectivity index (χ4n) is 2.92. The van der Waals surface area contributed by atoms with E-state index in [0.29, 0.717) is 5.75 Å². The van der Waals surface area contributed by atoms with Gasteiger partial charge >= 0.3 is 12.0 Å². The van der Waals surface area contributed by atoms with Gasteiger partial charge in [-0.05, 0) is 0 Å². The van der Waals surface area contributed by atoms with Crippen LogP contribution >= 0.6 is 12.0 Å². The van der Waals surface area contributed by atoms with Gasteiger partial charge in [0.05, 0.1) is 31.2 Å². The van der Waals surface area contributed by atoms with Crippen LogP contribution in [-0.2, 0) is 19.5 Å². The van der Waals surface area contributed by atoms with Crippen molar-refractivity contribution in [1.82, 2.24) is 34.9 Å². The summed E-state index contributed by atoms with van der Waals surface area (Å²) in [6.45, 7) is -1.27. The molecule has 23 nitrogen and oxygen atoms in total. The molecule has 46 heavy (non-hydrogen) atoms. The van der Waals surface area contributed by atoms with Crippen molar-refractivity contribution in [3.05, 3.63) is 18.2 Å². The molecule has 0 bridgehead atoms. The van der Waals surface area contributed by atoms with Crippen molar-refractivity contribution in [1.29, 1.82) is 0 Å². The zero-order valence-corrected chi connectivity index (χ0v) is 25.3. The fourth-order valence-corrected chi connectivity index (χ4v) is 3.57. The van der Waals surface area contributed by atoms with E-state index in [2.05, 4.69) is 65.5 Å². The lowest BCUT2D eigenvalue weighted by atomic mass is 10.4. The molecule has 3 rings (SSSR count). The van der Waals surface area contributed by atoms with E-state index in [-0.39, 0.29) is 73.8 Å². The first-order chi connectivity index (χ1) is 22.1. The molecule has 0 aliphatic heterocycles. The number of aliphatic hydroxyl groups is 4. The molecule has 0 saturated heterocycles. The molecule has 0 aromatic carbocycles. The van der Waals surface area contributed by atoms with Crippen molar-refractivity contribution in [3.8, 4) is 23.8 Å². The van der Waals surface area contributed by atoms with Gasteiger partial charge in [-0.2, -0.15) is 43.3 Å². The molecule has 0 fully saturated rings. The molecule has 0 saturated carbocycles. The topological polar surface area (TPSA) is 331 Å². The average molecular weight is 694 g/mol. The molecule has 254 valence electrons. The number of rotatable bonds is 22. The summed E-state index contributed by atoms with van der Waals surface area (Å²) in [5.74, 6) is -0.670. The Morgan fingerprint density at radius 2 is 1.22 bits per heavy atom. The van der Waals surface area contributed by atoms with Gasteiger partial charge in [0, 0.05) is 56.1 Å². The summed E-state index contributed by atoms with van der Waals surface area (Å²) in [6.07, 6.45) is -2.23. The largest absolute Gasteiger partial charge is 0.405 e. The van der Waals surface area contributed by atoms with Crippen LogP contribution < -0.4 is 30.7 Å². The third-order valence-electron chi connectivity index (χ3n) is 4.92. The van der Waals surface area contributed by atoms with Crippen molar-refractivity contribution in [2.45, 2.75) is 12.2 Å². The van der Waals surface area contributed by atoms with E-state index in [1.165, 1.54) is 18.2 Å². The highest BCUT2D eigenvalue weighted by atomic mass is 32.2. The van der Waals surface area contributed by atoms with Gasteiger partial charge in [-0.15, -0.1) is 4.33 Å². The Morgan fingerprint density at radius 3 is 1.67 bits per heavy atom. The second-order valence-electron chi connectivity index (χ2n) is 8.59. The highest BCUT2D eigenvalue weighted by Gasteiger charge is 2.15. The summed E-state index contributed by atoms with van der Waals surface area (Å²) in [7, 11) is -4.27. The Balaban J connectivity index is 1.78. The lowest BCUT2D eigenvalue weighted by molar-refractivity contribution is -0.432. The predicted molar refractivity (Wildman–Crippen MR) is 158 cm³/mol. The lowest BCUT2D eigenvalue weighted by Crippen LogP contribution is -2.24. The van der Waals surface area contributed by atoms with Crippen LogP contribution in [0, 0.1) is 0 Å². The minimum atomic E-state index is -4.27. The van der Waals surface area contributed by atoms with Crippen molar-refractivity contribution in [2.24, 2.45) is 0 Å². The van der Waals surface area contributed by atoms with Crippen LogP contribution in [0.3, 0.4) is 0 Å². The van der Waals surface area contributed by atoms with Gasteiger partial charge in [0.15, 0.2) is 0 Å². The predicted octanol–water partition coefficient (Wildman–Crippen LogP) is -1.65. The number of pyridine rings is 1. The molecule has 0 radical (unpaired) electrons. The van der Waals surface area contributed by atoms with Gasteiger partial charge in [0.25, 0.3) is 10.1 Å². The summed E-state index contributed by atoms with van der Waals surface area (Å²) in [4.78, 5) is 28.7. The summed E-state index contributed by atoms with van der Waals surface area (Å²) in [6, 6.07) is 3.85. The molecule has 3 aromatic heterocycles. The van der Waals surface area contributed by atoms with Crippen LogP contribution in [0.4, 0.5) is 23.8 Å². The molecule has 25 heteroatoms. The Hall–Kier alpha value is -4.05. The average Bonchev–Trinajstić information content (AvgIpc) is 3.01. The monoisotopic (exact) mass is 693 g/mol. The summed E-state index contributed by atoms with van der Waals surface area (Å²) in [5.41, 5.74) is 0. The van der Waals surface area contributed by atoms with Gasteiger partial charge in [-0.1, -0.05) is 11.1 Å². The standard InChI is InChI=1S/C21H31N11O12S2/c33-10-12(35)8-24-18-27-16(22-4-6-45-44-43-37)29-20(31-18)41-14-2-1-3-15(26-14)42-21-30-17(23-5-7-46(38,39)40)28-19(32-21)25-9-13(36)11-34/h1-3,12-13,33-37H,4-11H2,(H,38,39,40)(H2,22,24,27,29,31)(H2,23,25,28,30,32). The summed E-state index contributed by atoms with van der Waals surface area (Å²) >= 11 is 0.799. The highest BCUT2D eigenvalue weighted by Crippen LogP contribution is 2.24. The molecule has 0 aliphatic carbocycles.